The second-order valence-electron chi connectivity index (χ2n) is 1.63. The maximum atomic E-state index is 5.14. The Labute approximate surface area is 80.6 Å². The number of rotatable bonds is 1. The van der Waals surface area contributed by atoms with Gasteiger partial charge in [-0.15, -0.1) is 0 Å². The Balaban J connectivity index is 3.04. The van der Waals surface area contributed by atoms with Crippen molar-refractivity contribution in [3.63, 3.8) is 0 Å². The first-order chi connectivity index (χ1) is 4.74. The van der Waals surface area contributed by atoms with Gasteiger partial charge in [0.25, 0.3) is 0 Å². The van der Waals surface area contributed by atoms with E-state index in [9.17, 15) is 0 Å². The summed E-state index contributed by atoms with van der Waals surface area (Å²) in [6, 6.07) is 1.85. The second kappa shape index (κ2) is 3.49. The molecule has 0 unspecified atom stereocenters. The lowest BCUT2D eigenvalue weighted by Crippen LogP contribution is -2.08. The number of nitrogens with two attached hydrogens (primary N) is 1. The van der Waals surface area contributed by atoms with Crippen LogP contribution in [0.25, 0.3) is 0 Å². The van der Waals surface area contributed by atoms with Gasteiger partial charge in [0.2, 0.25) is 0 Å². The van der Waals surface area contributed by atoms with Gasteiger partial charge in [-0.3, -0.25) is 0 Å². The normalized spacial score (nSPS) is 9.50. The minimum atomic E-state index is 0.674. The van der Waals surface area contributed by atoms with Crippen LogP contribution in [-0.4, -0.2) is 4.98 Å². The fourth-order valence-electron chi connectivity index (χ4n) is 0.493. The minimum Gasteiger partial charge on any atom is -0.308 e. The van der Waals surface area contributed by atoms with E-state index in [0.29, 0.717) is 5.82 Å². The largest absolute Gasteiger partial charge is 0.308 e. The number of hydrogen-bond donors (Lipinski definition) is 2. The summed E-state index contributed by atoms with van der Waals surface area (Å²) >= 11 is 5.51. The van der Waals surface area contributed by atoms with Gasteiger partial charge in [0, 0.05) is 14.2 Å². The summed E-state index contributed by atoms with van der Waals surface area (Å²) in [4.78, 5) is 3.97. The molecule has 0 saturated carbocycles. The van der Waals surface area contributed by atoms with Gasteiger partial charge >= 0.3 is 0 Å². The van der Waals surface area contributed by atoms with E-state index >= 15 is 0 Å². The van der Waals surface area contributed by atoms with Gasteiger partial charge in [-0.05, 0) is 44.6 Å². The van der Waals surface area contributed by atoms with Crippen molar-refractivity contribution >= 4 is 44.3 Å². The van der Waals surface area contributed by atoms with Crippen molar-refractivity contribution in [3.8, 4) is 0 Å². The van der Waals surface area contributed by atoms with Gasteiger partial charge in [-0.25, -0.2) is 10.8 Å². The predicted molar refractivity (Wildman–Crippen MR) is 52.5 cm³/mol. The van der Waals surface area contributed by atoms with Crippen LogP contribution in [0.3, 0.4) is 0 Å². The number of nitrogens with zero attached hydrogens (tertiary/aromatic N) is 1. The Bertz CT molecular complexity index is 240. The highest BCUT2D eigenvalue weighted by Gasteiger charge is 1.96. The van der Waals surface area contributed by atoms with E-state index in [1.807, 2.05) is 6.07 Å². The van der Waals surface area contributed by atoms with Crippen LogP contribution in [0.4, 0.5) is 5.82 Å². The number of hydrazine groups is 1. The number of hydrogen-bond acceptors (Lipinski definition) is 3. The number of nitrogen functional groups attached to an aromatic ring is 1. The van der Waals surface area contributed by atoms with Crippen molar-refractivity contribution in [1.82, 2.24) is 4.98 Å². The maximum Gasteiger partial charge on any atom is 0.141 e. The van der Waals surface area contributed by atoms with Gasteiger partial charge in [0.15, 0.2) is 0 Å². The summed E-state index contributed by atoms with van der Waals surface area (Å²) in [5.41, 5.74) is 2.46. The van der Waals surface area contributed by atoms with E-state index in [1.54, 1.807) is 6.20 Å². The topological polar surface area (TPSA) is 50.9 Å². The molecular weight excluding hydrogens is 309 g/mol. The third-order valence-electron chi connectivity index (χ3n) is 0.956. The Morgan fingerprint density at radius 1 is 1.70 bits per heavy atom. The smallest absolute Gasteiger partial charge is 0.141 e. The molecule has 0 aliphatic rings. The molecule has 0 aliphatic heterocycles. The summed E-state index contributed by atoms with van der Waals surface area (Å²) in [7, 11) is 0. The molecule has 5 heteroatoms. The van der Waals surface area contributed by atoms with Crippen LogP contribution in [0, 0.1) is 3.57 Å². The van der Waals surface area contributed by atoms with Gasteiger partial charge in [-0.2, -0.15) is 0 Å². The fraction of sp³-hybridized carbons (Fsp3) is 0. The average Bonchev–Trinajstić information content (AvgIpc) is 1.95. The number of nitrogens with one attached hydrogen (secondary N) is 1. The summed E-state index contributed by atoms with van der Waals surface area (Å²) in [5.74, 6) is 5.81. The molecule has 0 radical (unpaired) electrons. The molecule has 3 N–H and O–H groups in total. The molecule has 1 aromatic heterocycles. The van der Waals surface area contributed by atoms with Gasteiger partial charge < -0.3 is 5.43 Å². The van der Waals surface area contributed by atoms with Crippen LogP contribution in [0.2, 0.25) is 0 Å². The Kier molecular flexibility index (Phi) is 2.87. The zero-order chi connectivity index (χ0) is 7.56. The maximum absolute atomic E-state index is 5.14. The average molecular weight is 314 g/mol. The number of aromatic nitrogens is 1. The Morgan fingerprint density at radius 2 is 2.40 bits per heavy atom. The van der Waals surface area contributed by atoms with E-state index in [1.165, 1.54) is 0 Å². The van der Waals surface area contributed by atoms with Crippen LogP contribution >= 0.6 is 38.5 Å². The molecule has 0 saturated heterocycles. The summed E-state index contributed by atoms with van der Waals surface area (Å²) in [6.45, 7) is 0. The Hall–Kier alpha value is 0.120. The van der Waals surface area contributed by atoms with E-state index in [4.69, 9.17) is 5.84 Å². The lowest BCUT2D eigenvalue weighted by Gasteiger charge is -1.99. The standard InChI is InChI=1S/C5H5BrIN3/c6-3-2-9-5(10-8)1-4(3)7/h1-2H,8H2,(H,9,10). The molecule has 0 spiro atoms. The highest BCUT2D eigenvalue weighted by Crippen LogP contribution is 2.19. The van der Waals surface area contributed by atoms with Crippen LogP contribution in [0.15, 0.2) is 16.7 Å². The van der Waals surface area contributed by atoms with Gasteiger partial charge in [0.1, 0.15) is 5.82 Å². The monoisotopic (exact) mass is 313 g/mol. The Morgan fingerprint density at radius 3 is 2.90 bits per heavy atom. The van der Waals surface area contributed by atoms with E-state index < -0.39 is 0 Å². The van der Waals surface area contributed by atoms with Crippen LogP contribution in [0.1, 0.15) is 0 Å². The van der Waals surface area contributed by atoms with E-state index in [0.717, 1.165) is 8.04 Å². The van der Waals surface area contributed by atoms with Crippen LogP contribution in [-0.2, 0) is 0 Å². The molecule has 0 aromatic carbocycles. The first-order valence-electron chi connectivity index (χ1n) is 2.51. The van der Waals surface area contributed by atoms with Crippen molar-refractivity contribution in [3.05, 3.63) is 20.3 Å². The highest BCUT2D eigenvalue weighted by atomic mass is 127. The second-order valence-corrected chi connectivity index (χ2v) is 3.64. The molecule has 54 valence electrons. The molecule has 0 amide bonds. The third-order valence-corrected chi connectivity index (χ3v) is 3.22. The molecule has 1 heterocycles. The van der Waals surface area contributed by atoms with Crippen LogP contribution < -0.4 is 11.3 Å². The zero-order valence-corrected chi connectivity index (χ0v) is 8.68. The van der Waals surface area contributed by atoms with Crippen molar-refractivity contribution in [1.29, 1.82) is 0 Å². The van der Waals surface area contributed by atoms with Crippen LogP contribution in [0.5, 0.6) is 0 Å². The van der Waals surface area contributed by atoms with E-state index in [2.05, 4.69) is 48.9 Å². The molecule has 3 nitrogen and oxygen atoms in total. The van der Waals surface area contributed by atoms with Crippen molar-refractivity contribution in [2.24, 2.45) is 5.84 Å². The lowest BCUT2D eigenvalue weighted by molar-refractivity contribution is 1.21. The molecule has 0 atom stereocenters. The predicted octanol–water partition coefficient (Wildman–Crippen LogP) is 1.73. The first kappa shape index (κ1) is 8.22. The lowest BCUT2D eigenvalue weighted by atomic mass is 10.5. The van der Waals surface area contributed by atoms with E-state index in [-0.39, 0.29) is 0 Å². The molecule has 1 rings (SSSR count). The number of halogens is 2. The van der Waals surface area contributed by atoms with Gasteiger partial charge in [-0.1, -0.05) is 0 Å². The van der Waals surface area contributed by atoms with Gasteiger partial charge in [0.05, 0.1) is 0 Å². The number of anilines is 1. The summed E-state index contributed by atoms with van der Waals surface area (Å²) < 4.78 is 2.06. The molecule has 0 aliphatic carbocycles. The third kappa shape index (κ3) is 1.80. The summed E-state index contributed by atoms with van der Waals surface area (Å²) in [6.07, 6.45) is 1.71. The molecule has 1 aromatic rings. The minimum absolute atomic E-state index is 0.674. The summed E-state index contributed by atoms with van der Waals surface area (Å²) in [5, 5.41) is 0. The quantitative estimate of drug-likeness (QED) is 0.472. The molecule has 0 fully saturated rings. The van der Waals surface area contributed by atoms with Crippen molar-refractivity contribution in [2.75, 3.05) is 5.43 Å². The molecular formula is C5H5BrIN3. The van der Waals surface area contributed by atoms with Crippen molar-refractivity contribution in [2.45, 2.75) is 0 Å². The first-order valence-corrected chi connectivity index (χ1v) is 4.39. The van der Waals surface area contributed by atoms with Crippen molar-refractivity contribution < 1.29 is 0 Å². The highest BCUT2D eigenvalue weighted by molar-refractivity contribution is 14.1. The fourth-order valence-corrected chi connectivity index (χ4v) is 1.14. The molecule has 10 heavy (non-hydrogen) atoms. The zero-order valence-electron chi connectivity index (χ0n) is 4.94. The molecule has 0 bridgehead atoms. The SMILES string of the molecule is NNc1cc(I)c(Br)cn1. The number of pyridine rings is 1.